The van der Waals surface area contributed by atoms with Crippen LogP contribution in [0.1, 0.15) is 66.8 Å². The zero-order valence-corrected chi connectivity index (χ0v) is 14.7. The Kier molecular flexibility index (Phi) is 6.45. The van der Waals surface area contributed by atoms with E-state index in [0.29, 0.717) is 18.0 Å². The average molecular weight is 345 g/mol. The van der Waals surface area contributed by atoms with E-state index in [-0.39, 0.29) is 18.6 Å². The summed E-state index contributed by atoms with van der Waals surface area (Å²) in [6.45, 7) is 0.981. The van der Waals surface area contributed by atoms with Gasteiger partial charge in [0.1, 0.15) is 0 Å². The van der Waals surface area contributed by atoms with Crippen molar-refractivity contribution in [3.8, 4) is 0 Å². The molecule has 1 N–H and O–H groups in total. The minimum absolute atomic E-state index is 0.0898. The number of amides is 1. The fraction of sp³-hybridized carbons (Fsp3) is 0.600. The number of esters is 1. The van der Waals surface area contributed by atoms with Gasteiger partial charge in [-0.2, -0.15) is 0 Å². The molecule has 0 radical (unpaired) electrons. The van der Waals surface area contributed by atoms with Gasteiger partial charge in [0.2, 0.25) is 0 Å². The van der Waals surface area contributed by atoms with Crippen LogP contribution >= 0.6 is 0 Å². The molecule has 1 saturated heterocycles. The first-order valence-corrected chi connectivity index (χ1v) is 9.38. The summed E-state index contributed by atoms with van der Waals surface area (Å²) in [5, 5.41) is 2.74. The molecule has 2 aliphatic rings. The summed E-state index contributed by atoms with van der Waals surface area (Å²) < 4.78 is 10.5. The Hall–Kier alpha value is -1.88. The molecule has 1 saturated carbocycles. The number of nitrogens with one attached hydrogen (secondary N) is 1. The molecule has 1 atom stereocenters. The topological polar surface area (TPSA) is 64.6 Å². The van der Waals surface area contributed by atoms with Crippen molar-refractivity contribution in [3.63, 3.8) is 0 Å². The van der Waals surface area contributed by atoms with Crippen molar-refractivity contribution in [1.82, 2.24) is 5.32 Å². The summed E-state index contributed by atoms with van der Waals surface area (Å²) in [6.07, 6.45) is 8.45. The first-order valence-electron chi connectivity index (χ1n) is 9.38. The minimum Gasteiger partial charge on any atom is -0.452 e. The van der Waals surface area contributed by atoms with Crippen molar-refractivity contribution in [3.05, 3.63) is 35.4 Å². The van der Waals surface area contributed by atoms with E-state index in [2.05, 4.69) is 5.32 Å². The highest BCUT2D eigenvalue weighted by Gasteiger charge is 2.18. The number of carbonyl (C=O) groups is 2. The molecule has 25 heavy (non-hydrogen) atoms. The van der Waals surface area contributed by atoms with E-state index in [1.807, 2.05) is 12.1 Å². The highest BCUT2D eigenvalue weighted by atomic mass is 16.5. The van der Waals surface area contributed by atoms with E-state index < -0.39 is 5.97 Å². The average Bonchev–Trinajstić information content (AvgIpc) is 3.19. The number of rotatable bonds is 6. The van der Waals surface area contributed by atoms with Gasteiger partial charge >= 0.3 is 5.97 Å². The van der Waals surface area contributed by atoms with Gasteiger partial charge < -0.3 is 14.8 Å². The molecule has 136 valence electrons. The number of hydrogen-bond acceptors (Lipinski definition) is 4. The molecule has 0 bridgehead atoms. The first kappa shape index (κ1) is 17.9. The van der Waals surface area contributed by atoms with Crippen molar-refractivity contribution in [2.75, 3.05) is 19.8 Å². The second kappa shape index (κ2) is 8.99. The van der Waals surface area contributed by atoms with E-state index in [4.69, 9.17) is 9.47 Å². The molecular weight excluding hydrogens is 318 g/mol. The Labute approximate surface area is 149 Å². The van der Waals surface area contributed by atoms with E-state index in [1.54, 1.807) is 12.1 Å². The van der Waals surface area contributed by atoms with Crippen LogP contribution in [-0.4, -0.2) is 37.7 Å². The zero-order chi connectivity index (χ0) is 17.5. The Morgan fingerprint density at radius 1 is 1.04 bits per heavy atom. The molecule has 2 fully saturated rings. The van der Waals surface area contributed by atoms with E-state index >= 15 is 0 Å². The normalized spacial score (nSPS) is 21.0. The molecule has 1 amide bonds. The van der Waals surface area contributed by atoms with Crippen molar-refractivity contribution < 1.29 is 19.1 Å². The van der Waals surface area contributed by atoms with Gasteiger partial charge in [-0.1, -0.05) is 31.4 Å². The van der Waals surface area contributed by atoms with Gasteiger partial charge in [0.15, 0.2) is 6.61 Å². The molecule has 5 nitrogen and oxygen atoms in total. The Morgan fingerprint density at radius 2 is 1.80 bits per heavy atom. The van der Waals surface area contributed by atoms with Gasteiger partial charge in [-0.3, -0.25) is 4.79 Å². The number of hydrogen-bond donors (Lipinski definition) is 1. The van der Waals surface area contributed by atoms with Crippen LogP contribution in [0.25, 0.3) is 0 Å². The second-order valence-electron chi connectivity index (χ2n) is 6.97. The smallest absolute Gasteiger partial charge is 0.338 e. The van der Waals surface area contributed by atoms with Crippen LogP contribution in [0.3, 0.4) is 0 Å². The molecule has 0 unspecified atom stereocenters. The number of benzene rings is 1. The molecule has 1 aliphatic carbocycles. The van der Waals surface area contributed by atoms with Gasteiger partial charge in [-0.15, -0.1) is 0 Å². The lowest BCUT2D eigenvalue weighted by molar-refractivity contribution is -0.124. The first-order chi connectivity index (χ1) is 12.2. The SMILES string of the molecule is O=C(COC(=O)c1ccc(C2CCCCC2)cc1)NC[C@H]1CCCO1. The van der Waals surface area contributed by atoms with Crippen LogP contribution in [0, 0.1) is 0 Å². The Balaban J connectivity index is 1.42. The van der Waals surface area contributed by atoms with Crippen LogP contribution in [0.2, 0.25) is 0 Å². The van der Waals surface area contributed by atoms with Crippen LogP contribution in [0.15, 0.2) is 24.3 Å². The largest absolute Gasteiger partial charge is 0.452 e. The third kappa shape index (κ3) is 5.30. The molecule has 1 aliphatic heterocycles. The summed E-state index contributed by atoms with van der Waals surface area (Å²) in [7, 11) is 0. The highest BCUT2D eigenvalue weighted by Crippen LogP contribution is 2.32. The summed E-state index contributed by atoms with van der Waals surface area (Å²) in [4.78, 5) is 23.8. The molecule has 1 heterocycles. The molecule has 0 spiro atoms. The minimum atomic E-state index is -0.456. The molecular formula is C20H27NO4. The van der Waals surface area contributed by atoms with Gasteiger partial charge in [0.05, 0.1) is 11.7 Å². The summed E-state index contributed by atoms with van der Waals surface area (Å²) >= 11 is 0. The molecule has 1 aromatic carbocycles. The van der Waals surface area contributed by atoms with Crippen molar-refractivity contribution in [1.29, 1.82) is 0 Å². The van der Waals surface area contributed by atoms with Crippen molar-refractivity contribution in [2.24, 2.45) is 0 Å². The third-order valence-electron chi connectivity index (χ3n) is 5.11. The Morgan fingerprint density at radius 3 is 2.48 bits per heavy atom. The molecule has 3 rings (SSSR count). The third-order valence-corrected chi connectivity index (χ3v) is 5.11. The van der Waals surface area contributed by atoms with Crippen LogP contribution < -0.4 is 5.32 Å². The number of carbonyl (C=O) groups excluding carboxylic acids is 2. The maximum absolute atomic E-state index is 12.1. The molecule has 0 aromatic heterocycles. The van der Waals surface area contributed by atoms with Gasteiger partial charge in [-0.05, 0) is 49.3 Å². The van der Waals surface area contributed by atoms with E-state index in [1.165, 1.54) is 37.7 Å². The molecule has 5 heteroatoms. The lowest BCUT2D eigenvalue weighted by Crippen LogP contribution is -2.34. The Bertz CT molecular complexity index is 572. The number of ether oxygens (including phenoxy) is 2. The predicted molar refractivity (Wildman–Crippen MR) is 94.5 cm³/mol. The maximum atomic E-state index is 12.1. The second-order valence-corrected chi connectivity index (χ2v) is 6.97. The van der Waals surface area contributed by atoms with Crippen molar-refractivity contribution in [2.45, 2.75) is 57.0 Å². The maximum Gasteiger partial charge on any atom is 0.338 e. The van der Waals surface area contributed by atoms with Crippen LogP contribution in [0.4, 0.5) is 0 Å². The van der Waals surface area contributed by atoms with Gasteiger partial charge in [-0.25, -0.2) is 4.79 Å². The summed E-state index contributed by atoms with van der Waals surface area (Å²) in [5.41, 5.74) is 1.79. The van der Waals surface area contributed by atoms with E-state index in [0.717, 1.165) is 19.4 Å². The lowest BCUT2D eigenvalue weighted by atomic mass is 9.84. The lowest BCUT2D eigenvalue weighted by Gasteiger charge is -2.21. The van der Waals surface area contributed by atoms with Crippen LogP contribution in [-0.2, 0) is 14.3 Å². The van der Waals surface area contributed by atoms with Crippen LogP contribution in [0.5, 0.6) is 0 Å². The zero-order valence-electron chi connectivity index (χ0n) is 14.7. The quantitative estimate of drug-likeness (QED) is 0.804. The van der Waals surface area contributed by atoms with Gasteiger partial charge in [0.25, 0.3) is 5.91 Å². The fourth-order valence-corrected chi connectivity index (χ4v) is 3.63. The summed E-state index contributed by atoms with van der Waals surface area (Å²) in [6, 6.07) is 7.64. The standard InChI is InChI=1S/C20H27NO4/c22-19(21-13-18-7-4-12-24-18)14-25-20(23)17-10-8-16(9-11-17)15-5-2-1-3-6-15/h8-11,15,18H,1-7,12-14H2,(H,21,22)/t18-/m1/s1. The molecule has 1 aromatic rings. The van der Waals surface area contributed by atoms with Crippen molar-refractivity contribution >= 4 is 11.9 Å². The summed E-state index contributed by atoms with van der Waals surface area (Å²) in [5.74, 6) is -0.132. The fourth-order valence-electron chi connectivity index (χ4n) is 3.63. The highest BCUT2D eigenvalue weighted by molar-refractivity contribution is 5.91. The predicted octanol–water partition coefficient (Wildman–Crippen LogP) is 3.19. The van der Waals surface area contributed by atoms with Gasteiger partial charge in [0, 0.05) is 13.2 Å². The monoisotopic (exact) mass is 345 g/mol. The van der Waals surface area contributed by atoms with E-state index in [9.17, 15) is 9.59 Å².